The molecule has 9 nitrogen and oxygen atoms in total. The quantitative estimate of drug-likeness (QED) is 0.339. The molecule has 0 aliphatic rings. The van der Waals surface area contributed by atoms with Crippen molar-refractivity contribution >= 4 is 38.8 Å². The maximum Gasteiger partial charge on any atom is 0.246 e. The van der Waals surface area contributed by atoms with E-state index in [2.05, 4.69) is 15.7 Å². The van der Waals surface area contributed by atoms with Crippen LogP contribution in [-0.2, 0) is 21.2 Å². The first-order valence-corrected chi connectivity index (χ1v) is 11.9. The maximum atomic E-state index is 13.4. The second-order valence-electron chi connectivity index (χ2n) is 7.45. The molecule has 180 valence electrons. The standard InChI is InChI=1S/C24H22FN5O4S/c1-34-19-7-5-6-18(14-19)27-21(31)15-30-23(26)22(35(32,33)20-8-3-2-4-9-20)24(29-30)28-17-12-10-16(25)11-13-17/h2-14H,15,26H2,1H3,(H,27,31)(H,28,29). The number of hydrogen-bond donors (Lipinski definition) is 3. The van der Waals surface area contributed by atoms with Gasteiger partial charge in [-0.05, 0) is 48.5 Å². The molecule has 0 atom stereocenters. The normalized spacial score (nSPS) is 11.1. The van der Waals surface area contributed by atoms with Crippen molar-refractivity contribution in [2.75, 3.05) is 23.5 Å². The van der Waals surface area contributed by atoms with Crippen molar-refractivity contribution in [3.8, 4) is 5.75 Å². The second kappa shape index (κ2) is 9.85. The molecular weight excluding hydrogens is 473 g/mol. The summed E-state index contributed by atoms with van der Waals surface area (Å²) in [7, 11) is -2.59. The average molecular weight is 496 g/mol. The number of ether oxygens (including phenoxy) is 1. The predicted molar refractivity (Wildman–Crippen MR) is 130 cm³/mol. The van der Waals surface area contributed by atoms with Crippen LogP contribution in [0.4, 0.5) is 27.4 Å². The van der Waals surface area contributed by atoms with Gasteiger partial charge in [0.2, 0.25) is 15.7 Å². The Hall–Kier alpha value is -4.38. The molecule has 3 aromatic carbocycles. The summed E-state index contributed by atoms with van der Waals surface area (Å²) in [4.78, 5) is 12.4. The van der Waals surface area contributed by atoms with Gasteiger partial charge in [-0.3, -0.25) is 4.79 Å². The number of hydrogen-bond acceptors (Lipinski definition) is 7. The van der Waals surface area contributed by atoms with Gasteiger partial charge in [-0.25, -0.2) is 17.5 Å². The van der Waals surface area contributed by atoms with E-state index in [1.165, 1.54) is 43.5 Å². The Kier molecular flexibility index (Phi) is 6.69. The Bertz CT molecular complexity index is 1460. The second-order valence-corrected chi connectivity index (χ2v) is 9.34. The van der Waals surface area contributed by atoms with Gasteiger partial charge in [0.1, 0.15) is 23.9 Å². The fourth-order valence-electron chi connectivity index (χ4n) is 3.35. The van der Waals surface area contributed by atoms with E-state index < -0.39 is 21.6 Å². The van der Waals surface area contributed by atoms with Gasteiger partial charge < -0.3 is 21.1 Å². The van der Waals surface area contributed by atoms with Crippen LogP contribution in [-0.4, -0.2) is 31.2 Å². The van der Waals surface area contributed by atoms with Crippen LogP contribution in [0.1, 0.15) is 0 Å². The number of carbonyl (C=O) groups excluding carboxylic acids is 1. The first-order valence-electron chi connectivity index (χ1n) is 10.4. The Labute approximate surface area is 201 Å². The number of benzene rings is 3. The molecule has 0 spiro atoms. The van der Waals surface area contributed by atoms with Crippen LogP contribution in [0.3, 0.4) is 0 Å². The van der Waals surface area contributed by atoms with Crippen LogP contribution in [0.2, 0.25) is 0 Å². The summed E-state index contributed by atoms with van der Waals surface area (Å²) in [5.74, 6) is -0.689. The van der Waals surface area contributed by atoms with E-state index in [1.54, 1.807) is 42.5 Å². The van der Waals surface area contributed by atoms with Gasteiger partial charge in [0.15, 0.2) is 10.7 Å². The number of amides is 1. The Balaban J connectivity index is 1.70. The van der Waals surface area contributed by atoms with Crippen molar-refractivity contribution in [1.82, 2.24) is 9.78 Å². The number of halogens is 1. The molecule has 0 saturated heterocycles. The van der Waals surface area contributed by atoms with E-state index >= 15 is 0 Å². The van der Waals surface area contributed by atoms with Crippen LogP contribution in [0.25, 0.3) is 0 Å². The summed E-state index contributed by atoms with van der Waals surface area (Å²) < 4.78 is 46.4. The molecule has 0 aliphatic carbocycles. The number of rotatable bonds is 8. The van der Waals surface area contributed by atoms with E-state index in [9.17, 15) is 17.6 Å². The number of sulfone groups is 1. The SMILES string of the molecule is COc1cccc(NC(=O)Cn2nc(Nc3ccc(F)cc3)c(S(=O)(=O)c3ccccc3)c2N)c1. The minimum atomic E-state index is -4.10. The van der Waals surface area contributed by atoms with Crippen molar-refractivity contribution in [3.63, 3.8) is 0 Å². The average Bonchev–Trinajstić information content (AvgIpc) is 3.16. The first-order chi connectivity index (χ1) is 16.8. The first kappa shape index (κ1) is 23.8. The smallest absolute Gasteiger partial charge is 0.246 e. The van der Waals surface area contributed by atoms with Crippen LogP contribution >= 0.6 is 0 Å². The van der Waals surface area contributed by atoms with Crippen LogP contribution < -0.4 is 21.1 Å². The maximum absolute atomic E-state index is 13.4. The zero-order valence-corrected chi connectivity index (χ0v) is 19.4. The molecule has 4 N–H and O–H groups in total. The molecule has 0 radical (unpaired) electrons. The fourth-order valence-corrected chi connectivity index (χ4v) is 4.83. The summed E-state index contributed by atoms with van der Waals surface area (Å²) in [6.07, 6.45) is 0. The molecular formula is C24H22FN5O4S. The summed E-state index contributed by atoms with van der Waals surface area (Å²) in [5, 5.41) is 9.83. The number of aromatic nitrogens is 2. The lowest BCUT2D eigenvalue weighted by atomic mass is 10.3. The molecule has 1 amide bonds. The number of nitrogen functional groups attached to an aromatic ring is 1. The van der Waals surface area contributed by atoms with Crippen LogP contribution in [0.5, 0.6) is 5.75 Å². The summed E-state index contributed by atoms with van der Waals surface area (Å²) >= 11 is 0. The Morgan fingerprint density at radius 1 is 1.03 bits per heavy atom. The Morgan fingerprint density at radius 2 is 1.74 bits per heavy atom. The van der Waals surface area contributed by atoms with Gasteiger partial charge in [0.05, 0.1) is 12.0 Å². The molecule has 35 heavy (non-hydrogen) atoms. The van der Waals surface area contributed by atoms with E-state index in [4.69, 9.17) is 10.5 Å². The zero-order chi connectivity index (χ0) is 25.0. The van der Waals surface area contributed by atoms with Crippen molar-refractivity contribution < 1.29 is 22.3 Å². The lowest BCUT2D eigenvalue weighted by Gasteiger charge is -2.09. The van der Waals surface area contributed by atoms with Gasteiger partial charge in [0.25, 0.3) is 0 Å². The molecule has 4 aromatic rings. The van der Waals surface area contributed by atoms with Crippen molar-refractivity contribution in [2.45, 2.75) is 16.3 Å². The molecule has 4 rings (SSSR count). The largest absolute Gasteiger partial charge is 0.497 e. The van der Waals surface area contributed by atoms with E-state index in [0.29, 0.717) is 17.1 Å². The van der Waals surface area contributed by atoms with Gasteiger partial charge in [-0.2, -0.15) is 5.10 Å². The van der Waals surface area contributed by atoms with Crippen molar-refractivity contribution in [1.29, 1.82) is 0 Å². The highest BCUT2D eigenvalue weighted by Crippen LogP contribution is 2.34. The van der Waals surface area contributed by atoms with Gasteiger partial charge >= 0.3 is 0 Å². The predicted octanol–water partition coefficient (Wildman–Crippen LogP) is 3.83. The lowest BCUT2D eigenvalue weighted by molar-refractivity contribution is -0.116. The van der Waals surface area contributed by atoms with E-state index in [-0.39, 0.29) is 28.0 Å². The minimum absolute atomic E-state index is 0.00855. The summed E-state index contributed by atoms with van der Waals surface area (Å²) in [5.41, 5.74) is 7.09. The number of nitrogens with one attached hydrogen (secondary N) is 2. The molecule has 0 bridgehead atoms. The van der Waals surface area contributed by atoms with Crippen molar-refractivity contribution in [2.24, 2.45) is 0 Å². The summed E-state index contributed by atoms with van der Waals surface area (Å²) in [6, 6.07) is 19.8. The highest BCUT2D eigenvalue weighted by atomic mass is 32.2. The molecule has 1 heterocycles. The highest BCUT2D eigenvalue weighted by molar-refractivity contribution is 7.91. The van der Waals surface area contributed by atoms with E-state index in [1.807, 2.05) is 0 Å². The molecule has 0 aliphatic heterocycles. The third kappa shape index (κ3) is 5.25. The molecule has 0 fully saturated rings. The molecule has 0 saturated carbocycles. The lowest BCUT2D eigenvalue weighted by Crippen LogP contribution is -2.21. The zero-order valence-electron chi connectivity index (χ0n) is 18.6. The van der Waals surface area contributed by atoms with Gasteiger partial charge in [-0.15, -0.1) is 0 Å². The molecule has 11 heteroatoms. The van der Waals surface area contributed by atoms with Crippen LogP contribution in [0.15, 0.2) is 88.7 Å². The monoisotopic (exact) mass is 495 g/mol. The van der Waals surface area contributed by atoms with Gasteiger partial charge in [-0.1, -0.05) is 24.3 Å². The fraction of sp³-hybridized carbons (Fsp3) is 0.0833. The summed E-state index contributed by atoms with van der Waals surface area (Å²) in [6.45, 7) is -0.356. The number of anilines is 4. The van der Waals surface area contributed by atoms with Gasteiger partial charge in [0, 0.05) is 17.4 Å². The molecule has 1 aromatic heterocycles. The number of methoxy groups -OCH3 is 1. The minimum Gasteiger partial charge on any atom is -0.497 e. The molecule has 0 unspecified atom stereocenters. The van der Waals surface area contributed by atoms with E-state index in [0.717, 1.165) is 4.68 Å². The third-order valence-corrected chi connectivity index (χ3v) is 6.86. The Morgan fingerprint density at radius 3 is 2.43 bits per heavy atom. The third-order valence-electron chi connectivity index (χ3n) is 5.02. The number of carbonyl (C=O) groups is 1. The number of nitrogens with two attached hydrogens (primary N) is 1. The topological polar surface area (TPSA) is 128 Å². The van der Waals surface area contributed by atoms with Crippen molar-refractivity contribution in [3.05, 3.63) is 84.7 Å². The number of nitrogens with zero attached hydrogens (tertiary/aromatic N) is 2. The highest BCUT2D eigenvalue weighted by Gasteiger charge is 2.30. The van der Waals surface area contributed by atoms with Crippen LogP contribution in [0, 0.1) is 5.82 Å².